The number of carbonyl (C=O) groups is 1. The van der Waals surface area contributed by atoms with Gasteiger partial charge < -0.3 is 5.32 Å². The van der Waals surface area contributed by atoms with Gasteiger partial charge in [0.15, 0.2) is 11.5 Å². The van der Waals surface area contributed by atoms with Crippen molar-refractivity contribution in [2.75, 3.05) is 0 Å². The Labute approximate surface area is 193 Å². The van der Waals surface area contributed by atoms with Gasteiger partial charge in [-0.1, -0.05) is 35.9 Å². The molecule has 8 nitrogen and oxygen atoms in total. The van der Waals surface area contributed by atoms with Gasteiger partial charge in [0.05, 0.1) is 17.8 Å². The third-order valence-electron chi connectivity index (χ3n) is 5.61. The Kier molecular flexibility index (Phi) is 5.47. The Morgan fingerprint density at radius 3 is 2.79 bits per heavy atom. The molecule has 1 aromatic carbocycles. The third kappa shape index (κ3) is 4.03. The van der Waals surface area contributed by atoms with E-state index in [1.165, 1.54) is 22.2 Å². The smallest absolute Gasteiger partial charge is 0.262 e. The van der Waals surface area contributed by atoms with E-state index in [2.05, 4.69) is 20.5 Å². The summed E-state index contributed by atoms with van der Waals surface area (Å²) >= 11 is 1.45. The maximum absolute atomic E-state index is 13.2. The monoisotopic (exact) mass is 458 g/mol. The summed E-state index contributed by atoms with van der Waals surface area (Å²) in [5.41, 5.74) is 3.60. The summed E-state index contributed by atoms with van der Waals surface area (Å²) in [5.74, 6) is 0.478. The number of hydrogen-bond donors (Lipinski definition) is 1. The molecule has 5 rings (SSSR count). The Bertz CT molecular complexity index is 1520. The fourth-order valence-electron chi connectivity index (χ4n) is 3.83. The van der Waals surface area contributed by atoms with Crippen molar-refractivity contribution in [3.05, 3.63) is 82.1 Å². The molecule has 1 N–H and O–H groups in total. The van der Waals surface area contributed by atoms with Gasteiger partial charge in [-0.05, 0) is 31.5 Å². The zero-order valence-electron chi connectivity index (χ0n) is 18.2. The first kappa shape index (κ1) is 21.0. The Hall–Kier alpha value is -3.85. The topological polar surface area (TPSA) is 94.2 Å². The van der Waals surface area contributed by atoms with Crippen molar-refractivity contribution < 1.29 is 4.79 Å². The molecule has 4 aromatic heterocycles. The van der Waals surface area contributed by atoms with Crippen molar-refractivity contribution >= 4 is 33.1 Å². The minimum atomic E-state index is -0.322. The van der Waals surface area contributed by atoms with Crippen LogP contribution in [0.15, 0.2) is 65.2 Å². The zero-order valence-corrected chi connectivity index (χ0v) is 19.0. The minimum absolute atomic E-state index is 0.138. The van der Waals surface area contributed by atoms with Crippen LogP contribution in [0.1, 0.15) is 30.8 Å². The number of rotatable bonds is 6. The molecule has 33 heavy (non-hydrogen) atoms. The maximum Gasteiger partial charge on any atom is 0.262 e. The molecule has 1 unspecified atom stereocenters. The molecule has 0 bridgehead atoms. The molecule has 0 spiro atoms. The summed E-state index contributed by atoms with van der Waals surface area (Å²) in [7, 11) is 0. The maximum atomic E-state index is 13.2. The first-order valence-electron chi connectivity index (χ1n) is 10.6. The van der Waals surface area contributed by atoms with Gasteiger partial charge in [0.1, 0.15) is 4.83 Å². The number of thiophene rings is 1. The van der Waals surface area contributed by atoms with Crippen LogP contribution in [-0.2, 0) is 11.3 Å². The second-order valence-electron chi connectivity index (χ2n) is 7.96. The van der Waals surface area contributed by atoms with E-state index >= 15 is 0 Å². The highest BCUT2D eigenvalue weighted by Gasteiger charge is 2.17. The SMILES string of the molecule is Cc1ccc(-c2csc3ncn(CCC(=O)NC(C)c4nnc5ccccn45)c(=O)c23)cc1. The van der Waals surface area contributed by atoms with Gasteiger partial charge in [-0.2, -0.15) is 0 Å². The Morgan fingerprint density at radius 2 is 1.97 bits per heavy atom. The van der Waals surface area contributed by atoms with E-state index in [0.29, 0.717) is 16.0 Å². The average Bonchev–Trinajstić information content (AvgIpc) is 3.44. The van der Waals surface area contributed by atoms with E-state index in [9.17, 15) is 9.59 Å². The van der Waals surface area contributed by atoms with E-state index in [1.54, 1.807) is 0 Å². The van der Waals surface area contributed by atoms with Crippen LogP contribution in [-0.4, -0.2) is 30.1 Å². The number of amides is 1. The standard InChI is InChI=1S/C24H22N6O2S/c1-15-6-8-17(9-7-15)18-13-33-23-21(18)24(32)29(14-25-23)12-10-20(31)26-16(2)22-28-27-19-5-3-4-11-30(19)22/h3-9,11,13-14,16H,10,12H2,1-2H3,(H,26,31). The lowest BCUT2D eigenvalue weighted by molar-refractivity contribution is -0.122. The number of nitrogens with zero attached hydrogens (tertiary/aromatic N) is 5. The molecular weight excluding hydrogens is 436 g/mol. The molecule has 0 saturated heterocycles. The van der Waals surface area contributed by atoms with Gasteiger partial charge in [0.2, 0.25) is 5.91 Å². The van der Waals surface area contributed by atoms with Crippen LogP contribution in [0.5, 0.6) is 0 Å². The molecule has 1 atom stereocenters. The first-order valence-corrected chi connectivity index (χ1v) is 11.5. The predicted molar refractivity (Wildman–Crippen MR) is 128 cm³/mol. The highest BCUT2D eigenvalue weighted by molar-refractivity contribution is 7.17. The number of fused-ring (bicyclic) bond motifs is 2. The van der Waals surface area contributed by atoms with Crippen LogP contribution < -0.4 is 10.9 Å². The van der Waals surface area contributed by atoms with Crippen molar-refractivity contribution in [3.63, 3.8) is 0 Å². The second-order valence-corrected chi connectivity index (χ2v) is 8.82. The molecule has 9 heteroatoms. The minimum Gasteiger partial charge on any atom is -0.346 e. The highest BCUT2D eigenvalue weighted by Crippen LogP contribution is 2.30. The molecule has 1 amide bonds. The summed E-state index contributed by atoms with van der Waals surface area (Å²) in [6, 6.07) is 13.4. The zero-order chi connectivity index (χ0) is 22.9. The molecule has 166 valence electrons. The number of hydrogen-bond acceptors (Lipinski definition) is 6. The summed E-state index contributed by atoms with van der Waals surface area (Å²) in [4.78, 5) is 30.9. The summed E-state index contributed by atoms with van der Waals surface area (Å²) in [6.07, 6.45) is 3.53. The predicted octanol–water partition coefficient (Wildman–Crippen LogP) is 3.74. The third-order valence-corrected chi connectivity index (χ3v) is 6.49. The van der Waals surface area contributed by atoms with Crippen LogP contribution >= 0.6 is 11.3 Å². The highest BCUT2D eigenvalue weighted by atomic mass is 32.1. The molecule has 0 aliphatic heterocycles. The van der Waals surface area contributed by atoms with Crippen molar-refractivity contribution in [3.8, 4) is 11.1 Å². The summed E-state index contributed by atoms with van der Waals surface area (Å²) in [5, 5.41) is 13.8. The molecule has 0 saturated carbocycles. The van der Waals surface area contributed by atoms with E-state index in [0.717, 1.165) is 22.3 Å². The molecular formula is C24H22N6O2S. The van der Waals surface area contributed by atoms with Gasteiger partial charge in [-0.15, -0.1) is 21.5 Å². The summed E-state index contributed by atoms with van der Waals surface area (Å²) < 4.78 is 3.35. The fourth-order valence-corrected chi connectivity index (χ4v) is 4.73. The van der Waals surface area contributed by atoms with Gasteiger partial charge in [-0.3, -0.25) is 18.6 Å². The Balaban J connectivity index is 1.32. The number of aryl methyl sites for hydroxylation is 2. The average molecular weight is 459 g/mol. The molecule has 0 radical (unpaired) electrons. The van der Waals surface area contributed by atoms with Crippen LogP contribution in [0.3, 0.4) is 0 Å². The van der Waals surface area contributed by atoms with Gasteiger partial charge in [-0.25, -0.2) is 4.98 Å². The van der Waals surface area contributed by atoms with E-state index in [1.807, 2.05) is 72.3 Å². The van der Waals surface area contributed by atoms with E-state index in [4.69, 9.17) is 0 Å². The molecule has 4 heterocycles. The molecule has 0 fully saturated rings. The van der Waals surface area contributed by atoms with Crippen LogP contribution in [0.25, 0.3) is 27.0 Å². The van der Waals surface area contributed by atoms with Crippen molar-refractivity contribution in [2.45, 2.75) is 32.9 Å². The van der Waals surface area contributed by atoms with Crippen molar-refractivity contribution in [1.29, 1.82) is 0 Å². The number of aromatic nitrogens is 5. The number of carbonyl (C=O) groups excluding carboxylic acids is 1. The van der Waals surface area contributed by atoms with Crippen LogP contribution in [0, 0.1) is 6.92 Å². The Morgan fingerprint density at radius 1 is 1.15 bits per heavy atom. The summed E-state index contributed by atoms with van der Waals surface area (Å²) in [6.45, 7) is 4.13. The van der Waals surface area contributed by atoms with E-state index < -0.39 is 0 Å². The van der Waals surface area contributed by atoms with Crippen molar-refractivity contribution in [1.82, 2.24) is 29.5 Å². The normalized spacial score (nSPS) is 12.3. The lowest BCUT2D eigenvalue weighted by Gasteiger charge is -2.13. The second kappa shape index (κ2) is 8.59. The van der Waals surface area contributed by atoms with E-state index in [-0.39, 0.29) is 30.5 Å². The number of pyridine rings is 1. The largest absolute Gasteiger partial charge is 0.346 e. The lowest BCUT2D eigenvalue weighted by atomic mass is 10.1. The fraction of sp³-hybridized carbons (Fsp3) is 0.208. The van der Waals surface area contributed by atoms with Gasteiger partial charge in [0, 0.05) is 30.1 Å². The quantitative estimate of drug-likeness (QED) is 0.418. The number of benzene rings is 1. The van der Waals surface area contributed by atoms with Gasteiger partial charge in [0.25, 0.3) is 5.56 Å². The van der Waals surface area contributed by atoms with Crippen molar-refractivity contribution in [2.24, 2.45) is 0 Å². The van der Waals surface area contributed by atoms with Gasteiger partial charge >= 0.3 is 0 Å². The van der Waals surface area contributed by atoms with Crippen LogP contribution in [0.2, 0.25) is 0 Å². The lowest BCUT2D eigenvalue weighted by Crippen LogP contribution is -2.30. The van der Waals surface area contributed by atoms with Crippen LogP contribution in [0.4, 0.5) is 0 Å². The molecule has 5 aromatic rings. The molecule has 0 aliphatic carbocycles. The first-order chi connectivity index (χ1) is 16.0. The molecule has 0 aliphatic rings. The number of nitrogens with one attached hydrogen (secondary N) is 1.